The maximum absolute atomic E-state index is 6.27. The van der Waals surface area contributed by atoms with Crippen LogP contribution in [0.1, 0.15) is 42.8 Å². The highest BCUT2D eigenvalue weighted by atomic mass is 35.5. The molecule has 1 aliphatic carbocycles. The van der Waals surface area contributed by atoms with Crippen molar-refractivity contribution in [1.82, 2.24) is 19.6 Å². The summed E-state index contributed by atoms with van der Waals surface area (Å²) in [5.74, 6) is 2.06. The van der Waals surface area contributed by atoms with Gasteiger partial charge in [0.1, 0.15) is 5.15 Å². The minimum atomic E-state index is 0.531. The van der Waals surface area contributed by atoms with E-state index in [2.05, 4.69) is 22.0 Å². The Morgan fingerprint density at radius 2 is 2.12 bits per heavy atom. The molecule has 0 aromatic carbocycles. The lowest BCUT2D eigenvalue weighted by Gasteiger charge is -2.04. The van der Waals surface area contributed by atoms with E-state index in [1.165, 1.54) is 12.8 Å². The highest BCUT2D eigenvalue weighted by Crippen LogP contribution is 2.38. The highest BCUT2D eigenvalue weighted by molar-refractivity contribution is 6.30. The molecule has 0 bridgehead atoms. The Labute approximate surface area is 98.7 Å². The van der Waals surface area contributed by atoms with Gasteiger partial charge >= 0.3 is 0 Å². The lowest BCUT2D eigenvalue weighted by atomic mass is 10.2. The van der Waals surface area contributed by atoms with E-state index in [0.717, 1.165) is 23.5 Å². The molecule has 16 heavy (non-hydrogen) atoms. The third-order valence-electron chi connectivity index (χ3n) is 3.05. The Morgan fingerprint density at radius 3 is 2.75 bits per heavy atom. The van der Waals surface area contributed by atoms with E-state index in [4.69, 9.17) is 11.6 Å². The number of halogens is 1. The molecule has 1 fully saturated rings. The second-order valence-corrected chi connectivity index (χ2v) is 4.64. The standard InChI is InChI=1S/C11H13ClN4/c1-3-8-6(2)9(12)16-11(13-8)14-10(15-16)7-4-5-7/h7H,3-5H2,1-2H3. The first kappa shape index (κ1) is 10.0. The predicted molar refractivity (Wildman–Crippen MR) is 61.9 cm³/mol. The fourth-order valence-corrected chi connectivity index (χ4v) is 2.09. The van der Waals surface area contributed by atoms with Crippen molar-refractivity contribution in [2.45, 2.75) is 39.0 Å². The van der Waals surface area contributed by atoms with Gasteiger partial charge in [0.05, 0.1) is 5.69 Å². The van der Waals surface area contributed by atoms with Crippen LogP contribution in [0.3, 0.4) is 0 Å². The largest absolute Gasteiger partial charge is 0.254 e. The van der Waals surface area contributed by atoms with E-state index in [1.54, 1.807) is 4.52 Å². The summed E-state index contributed by atoms with van der Waals surface area (Å²) in [7, 11) is 0. The van der Waals surface area contributed by atoms with Crippen molar-refractivity contribution >= 4 is 17.4 Å². The summed E-state index contributed by atoms with van der Waals surface area (Å²) < 4.78 is 1.66. The molecule has 0 saturated heterocycles. The molecular formula is C11H13ClN4. The number of aromatic nitrogens is 4. The monoisotopic (exact) mass is 236 g/mol. The quantitative estimate of drug-likeness (QED) is 0.753. The summed E-state index contributed by atoms with van der Waals surface area (Å²) in [6.07, 6.45) is 3.25. The zero-order chi connectivity index (χ0) is 11.3. The topological polar surface area (TPSA) is 43.1 Å². The minimum absolute atomic E-state index is 0.531. The van der Waals surface area contributed by atoms with Gasteiger partial charge in [0.15, 0.2) is 5.82 Å². The van der Waals surface area contributed by atoms with Crippen LogP contribution in [0.2, 0.25) is 5.15 Å². The van der Waals surface area contributed by atoms with Crippen LogP contribution in [0.15, 0.2) is 0 Å². The molecule has 0 amide bonds. The Balaban J connectivity index is 2.25. The van der Waals surface area contributed by atoms with Gasteiger partial charge in [-0.25, -0.2) is 4.98 Å². The Kier molecular flexibility index (Phi) is 2.14. The number of hydrogen-bond donors (Lipinski definition) is 0. The van der Waals surface area contributed by atoms with Crippen molar-refractivity contribution in [3.05, 3.63) is 22.2 Å². The van der Waals surface area contributed by atoms with Crippen LogP contribution >= 0.6 is 11.6 Å². The van der Waals surface area contributed by atoms with Crippen molar-refractivity contribution in [3.8, 4) is 0 Å². The van der Waals surface area contributed by atoms with Gasteiger partial charge in [0, 0.05) is 11.5 Å². The summed E-state index contributed by atoms with van der Waals surface area (Å²) in [6.45, 7) is 4.05. The molecule has 0 radical (unpaired) electrons. The maximum atomic E-state index is 6.27. The zero-order valence-electron chi connectivity index (χ0n) is 9.37. The summed E-state index contributed by atoms with van der Waals surface area (Å²) in [4.78, 5) is 8.93. The van der Waals surface area contributed by atoms with Gasteiger partial charge in [-0.2, -0.15) is 9.50 Å². The van der Waals surface area contributed by atoms with E-state index in [9.17, 15) is 0 Å². The second kappa shape index (κ2) is 3.42. The van der Waals surface area contributed by atoms with Crippen molar-refractivity contribution in [2.24, 2.45) is 0 Å². The Morgan fingerprint density at radius 1 is 1.38 bits per heavy atom. The molecule has 2 aromatic heterocycles. The van der Waals surface area contributed by atoms with Gasteiger partial charge < -0.3 is 0 Å². The van der Waals surface area contributed by atoms with Crippen molar-refractivity contribution in [2.75, 3.05) is 0 Å². The number of aryl methyl sites for hydroxylation is 1. The molecule has 3 rings (SSSR count). The molecule has 84 valence electrons. The lowest BCUT2D eigenvalue weighted by molar-refractivity contribution is 0.856. The fraction of sp³-hybridized carbons (Fsp3) is 0.545. The van der Waals surface area contributed by atoms with Crippen molar-refractivity contribution in [1.29, 1.82) is 0 Å². The van der Waals surface area contributed by atoms with E-state index >= 15 is 0 Å². The van der Waals surface area contributed by atoms with E-state index < -0.39 is 0 Å². The molecule has 0 atom stereocenters. The SMILES string of the molecule is CCc1nc2nc(C3CC3)nn2c(Cl)c1C. The molecule has 2 aromatic rings. The van der Waals surface area contributed by atoms with Crippen LogP contribution in [0, 0.1) is 6.92 Å². The van der Waals surface area contributed by atoms with Gasteiger partial charge in [0.25, 0.3) is 5.78 Å². The fourth-order valence-electron chi connectivity index (χ4n) is 1.86. The van der Waals surface area contributed by atoms with Gasteiger partial charge in [-0.3, -0.25) is 0 Å². The summed E-state index contributed by atoms with van der Waals surface area (Å²) >= 11 is 6.27. The molecule has 0 aliphatic heterocycles. The summed E-state index contributed by atoms with van der Waals surface area (Å²) in [6, 6.07) is 0. The molecule has 0 N–H and O–H groups in total. The highest BCUT2D eigenvalue weighted by Gasteiger charge is 2.28. The smallest absolute Gasteiger partial charge is 0.216 e. The van der Waals surface area contributed by atoms with E-state index in [1.807, 2.05) is 6.92 Å². The molecule has 5 heteroatoms. The van der Waals surface area contributed by atoms with Crippen LogP contribution in [-0.4, -0.2) is 19.6 Å². The number of fused-ring (bicyclic) bond motifs is 1. The first-order valence-corrected chi connectivity index (χ1v) is 6.00. The van der Waals surface area contributed by atoms with Gasteiger partial charge in [-0.15, -0.1) is 5.10 Å². The first-order chi connectivity index (χ1) is 7.70. The average Bonchev–Trinajstić information content (AvgIpc) is 3.04. The van der Waals surface area contributed by atoms with Gasteiger partial charge in [-0.05, 0) is 26.2 Å². The van der Waals surface area contributed by atoms with Crippen molar-refractivity contribution < 1.29 is 0 Å². The van der Waals surface area contributed by atoms with Gasteiger partial charge in [-0.1, -0.05) is 18.5 Å². The predicted octanol–water partition coefficient (Wildman–Crippen LogP) is 2.53. The zero-order valence-corrected chi connectivity index (χ0v) is 10.1. The molecule has 1 aliphatic rings. The number of hydrogen-bond acceptors (Lipinski definition) is 3. The third-order valence-corrected chi connectivity index (χ3v) is 3.49. The third kappa shape index (κ3) is 1.40. The van der Waals surface area contributed by atoms with Crippen LogP contribution in [0.5, 0.6) is 0 Å². The molecule has 4 nitrogen and oxygen atoms in total. The van der Waals surface area contributed by atoms with Crippen molar-refractivity contribution in [3.63, 3.8) is 0 Å². The van der Waals surface area contributed by atoms with Crippen LogP contribution in [0.25, 0.3) is 5.78 Å². The number of nitrogens with zero attached hydrogens (tertiary/aromatic N) is 4. The second-order valence-electron chi connectivity index (χ2n) is 4.28. The molecule has 1 saturated carbocycles. The van der Waals surface area contributed by atoms with E-state index in [-0.39, 0.29) is 0 Å². The van der Waals surface area contributed by atoms with Gasteiger partial charge in [0.2, 0.25) is 0 Å². The summed E-state index contributed by atoms with van der Waals surface area (Å²) in [5.41, 5.74) is 2.01. The molecule has 2 heterocycles. The first-order valence-electron chi connectivity index (χ1n) is 5.62. The molecular weight excluding hydrogens is 224 g/mol. The summed E-state index contributed by atoms with van der Waals surface area (Å²) in [5, 5.41) is 5.06. The minimum Gasteiger partial charge on any atom is -0.216 e. The van der Waals surface area contributed by atoms with Crippen LogP contribution < -0.4 is 0 Å². The normalized spacial score (nSPS) is 15.9. The molecule has 0 spiro atoms. The number of rotatable bonds is 2. The maximum Gasteiger partial charge on any atom is 0.254 e. The average molecular weight is 237 g/mol. The Hall–Kier alpha value is -1.16. The van der Waals surface area contributed by atoms with E-state index in [0.29, 0.717) is 16.8 Å². The Bertz CT molecular complexity index is 557. The lowest BCUT2D eigenvalue weighted by Crippen LogP contribution is -2.01. The van der Waals surface area contributed by atoms with Crippen LogP contribution in [-0.2, 0) is 6.42 Å². The van der Waals surface area contributed by atoms with Crippen LogP contribution in [0.4, 0.5) is 0 Å². The molecule has 0 unspecified atom stereocenters.